The van der Waals surface area contributed by atoms with Gasteiger partial charge >= 0.3 is 0 Å². The Kier molecular flexibility index (Phi) is 4.11. The quantitative estimate of drug-likeness (QED) is 0.757. The van der Waals surface area contributed by atoms with Crippen molar-refractivity contribution in [2.45, 2.75) is 31.7 Å². The number of thioether (sulfide) groups is 1. The third kappa shape index (κ3) is 2.90. The Hall–Kier alpha value is -0.250. The van der Waals surface area contributed by atoms with Crippen LogP contribution in [0.15, 0.2) is 18.3 Å². The third-order valence-electron chi connectivity index (χ3n) is 3.19. The number of rotatable bonds is 2. The van der Waals surface area contributed by atoms with Gasteiger partial charge in [0.1, 0.15) is 5.15 Å². The first-order chi connectivity index (χ1) is 7.66. The minimum atomic E-state index is 0.569. The second-order valence-electron chi connectivity index (χ2n) is 4.28. The van der Waals surface area contributed by atoms with Crippen molar-refractivity contribution in [3.63, 3.8) is 0 Å². The van der Waals surface area contributed by atoms with Crippen molar-refractivity contribution in [1.82, 2.24) is 9.88 Å². The molecule has 0 saturated carbocycles. The SMILES string of the molecule is CC1SCCN(Cc2ccc(Cl)nc2)C1C. The Bertz CT molecular complexity index is 341. The standard InChI is InChI=1S/C12H17ClN2S/c1-9-10(2)16-6-5-15(9)8-11-3-4-12(13)14-7-11/h3-4,7,9-10H,5-6,8H2,1-2H3. The molecular formula is C12H17ClN2S. The molecule has 88 valence electrons. The van der Waals surface area contributed by atoms with Gasteiger partial charge in [0, 0.05) is 36.3 Å². The van der Waals surface area contributed by atoms with Crippen molar-refractivity contribution in [3.05, 3.63) is 29.0 Å². The van der Waals surface area contributed by atoms with Crippen molar-refractivity contribution >= 4 is 23.4 Å². The molecular weight excluding hydrogens is 240 g/mol. The van der Waals surface area contributed by atoms with E-state index in [0.717, 1.165) is 6.54 Å². The lowest BCUT2D eigenvalue weighted by atomic mass is 10.1. The summed E-state index contributed by atoms with van der Waals surface area (Å²) in [6, 6.07) is 4.56. The van der Waals surface area contributed by atoms with E-state index in [9.17, 15) is 0 Å². The summed E-state index contributed by atoms with van der Waals surface area (Å²) in [5.41, 5.74) is 1.25. The van der Waals surface area contributed by atoms with Crippen LogP contribution < -0.4 is 0 Å². The first kappa shape index (κ1) is 12.2. The summed E-state index contributed by atoms with van der Waals surface area (Å²) in [7, 11) is 0. The fourth-order valence-electron chi connectivity index (χ4n) is 1.95. The first-order valence-corrected chi connectivity index (χ1v) is 7.05. The van der Waals surface area contributed by atoms with Crippen LogP contribution in [0.1, 0.15) is 19.4 Å². The molecule has 0 bridgehead atoms. The number of nitrogens with zero attached hydrogens (tertiary/aromatic N) is 2. The first-order valence-electron chi connectivity index (χ1n) is 5.63. The van der Waals surface area contributed by atoms with E-state index in [1.807, 2.05) is 12.3 Å². The summed E-state index contributed by atoms with van der Waals surface area (Å²) in [6.45, 7) is 6.76. The molecule has 1 aliphatic heterocycles. The monoisotopic (exact) mass is 256 g/mol. The van der Waals surface area contributed by atoms with Gasteiger partial charge in [-0.1, -0.05) is 24.6 Å². The van der Waals surface area contributed by atoms with E-state index in [1.165, 1.54) is 17.9 Å². The zero-order valence-corrected chi connectivity index (χ0v) is 11.3. The van der Waals surface area contributed by atoms with E-state index in [2.05, 4.69) is 41.6 Å². The van der Waals surface area contributed by atoms with E-state index >= 15 is 0 Å². The minimum absolute atomic E-state index is 0.569. The zero-order chi connectivity index (χ0) is 11.5. The topological polar surface area (TPSA) is 16.1 Å². The van der Waals surface area contributed by atoms with Gasteiger partial charge in [-0.15, -0.1) is 0 Å². The summed E-state index contributed by atoms with van der Waals surface area (Å²) in [5.74, 6) is 1.23. The van der Waals surface area contributed by atoms with Crippen molar-refractivity contribution in [1.29, 1.82) is 0 Å². The third-order valence-corrected chi connectivity index (χ3v) is 4.75. The van der Waals surface area contributed by atoms with Gasteiger partial charge in [-0.25, -0.2) is 4.98 Å². The molecule has 2 unspecified atom stereocenters. The molecule has 0 spiro atoms. The fraction of sp³-hybridized carbons (Fsp3) is 0.583. The second-order valence-corrected chi connectivity index (χ2v) is 6.15. The summed E-state index contributed by atoms with van der Waals surface area (Å²) < 4.78 is 0. The summed E-state index contributed by atoms with van der Waals surface area (Å²) >= 11 is 7.84. The predicted octanol–water partition coefficient (Wildman–Crippen LogP) is 3.06. The molecule has 1 saturated heterocycles. The minimum Gasteiger partial charge on any atom is -0.294 e. The van der Waals surface area contributed by atoms with E-state index in [1.54, 1.807) is 0 Å². The average Bonchev–Trinajstić information content (AvgIpc) is 2.28. The Balaban J connectivity index is 2.00. The van der Waals surface area contributed by atoms with Gasteiger partial charge in [-0.2, -0.15) is 11.8 Å². The highest BCUT2D eigenvalue weighted by Gasteiger charge is 2.24. The second kappa shape index (κ2) is 5.39. The molecule has 1 aliphatic rings. The number of hydrogen-bond acceptors (Lipinski definition) is 3. The largest absolute Gasteiger partial charge is 0.294 e. The van der Waals surface area contributed by atoms with Gasteiger partial charge in [-0.3, -0.25) is 4.90 Å². The number of halogens is 1. The molecule has 1 fully saturated rings. The Morgan fingerprint density at radius 3 is 3.00 bits per heavy atom. The van der Waals surface area contributed by atoms with E-state index in [-0.39, 0.29) is 0 Å². The molecule has 0 N–H and O–H groups in total. The fourth-order valence-corrected chi connectivity index (χ4v) is 3.23. The number of hydrogen-bond donors (Lipinski definition) is 0. The molecule has 2 nitrogen and oxygen atoms in total. The van der Waals surface area contributed by atoms with E-state index in [0.29, 0.717) is 16.4 Å². The van der Waals surface area contributed by atoms with Crippen LogP contribution in [0.4, 0.5) is 0 Å². The highest BCUT2D eigenvalue weighted by molar-refractivity contribution is 8.00. The highest BCUT2D eigenvalue weighted by atomic mass is 35.5. The van der Waals surface area contributed by atoms with E-state index < -0.39 is 0 Å². The Morgan fingerprint density at radius 2 is 2.31 bits per heavy atom. The molecule has 0 amide bonds. The average molecular weight is 257 g/mol. The van der Waals surface area contributed by atoms with Gasteiger partial charge in [0.05, 0.1) is 0 Å². The van der Waals surface area contributed by atoms with Gasteiger partial charge in [-0.05, 0) is 18.6 Å². The Labute approximate surface area is 106 Å². The molecule has 0 aliphatic carbocycles. The molecule has 4 heteroatoms. The number of pyridine rings is 1. The molecule has 0 radical (unpaired) electrons. The predicted molar refractivity (Wildman–Crippen MR) is 71.0 cm³/mol. The molecule has 2 atom stereocenters. The smallest absolute Gasteiger partial charge is 0.129 e. The lowest BCUT2D eigenvalue weighted by Crippen LogP contribution is -2.43. The van der Waals surface area contributed by atoms with Gasteiger partial charge in [0.2, 0.25) is 0 Å². The van der Waals surface area contributed by atoms with Crippen LogP contribution in [0.5, 0.6) is 0 Å². The van der Waals surface area contributed by atoms with Crippen LogP contribution in [0.3, 0.4) is 0 Å². The molecule has 0 aromatic carbocycles. The molecule has 2 rings (SSSR count). The van der Waals surface area contributed by atoms with Crippen LogP contribution in [0.25, 0.3) is 0 Å². The summed E-state index contributed by atoms with van der Waals surface area (Å²) in [5, 5.41) is 1.29. The van der Waals surface area contributed by atoms with Crippen LogP contribution in [-0.2, 0) is 6.54 Å². The van der Waals surface area contributed by atoms with Crippen molar-refractivity contribution in [3.8, 4) is 0 Å². The number of aromatic nitrogens is 1. The summed E-state index contributed by atoms with van der Waals surface area (Å²) in [6.07, 6.45) is 1.88. The maximum absolute atomic E-state index is 5.78. The van der Waals surface area contributed by atoms with Crippen LogP contribution in [0.2, 0.25) is 5.15 Å². The lowest BCUT2D eigenvalue weighted by Gasteiger charge is -2.37. The van der Waals surface area contributed by atoms with Crippen molar-refractivity contribution in [2.24, 2.45) is 0 Å². The summed E-state index contributed by atoms with van der Waals surface area (Å²) in [4.78, 5) is 6.64. The zero-order valence-electron chi connectivity index (χ0n) is 9.69. The van der Waals surface area contributed by atoms with Crippen LogP contribution in [-0.4, -0.2) is 33.5 Å². The molecule has 2 heterocycles. The molecule has 16 heavy (non-hydrogen) atoms. The highest BCUT2D eigenvalue weighted by Crippen LogP contribution is 2.25. The van der Waals surface area contributed by atoms with Crippen molar-refractivity contribution in [2.75, 3.05) is 12.3 Å². The van der Waals surface area contributed by atoms with Gasteiger partial charge < -0.3 is 0 Å². The van der Waals surface area contributed by atoms with Crippen molar-refractivity contribution < 1.29 is 0 Å². The maximum atomic E-state index is 5.78. The maximum Gasteiger partial charge on any atom is 0.129 e. The van der Waals surface area contributed by atoms with E-state index in [4.69, 9.17) is 11.6 Å². The van der Waals surface area contributed by atoms with Crippen LogP contribution in [0, 0.1) is 0 Å². The normalized spacial score (nSPS) is 26.9. The molecule has 1 aromatic rings. The van der Waals surface area contributed by atoms with Gasteiger partial charge in [0.15, 0.2) is 0 Å². The lowest BCUT2D eigenvalue weighted by molar-refractivity contribution is 0.204. The van der Waals surface area contributed by atoms with Crippen LogP contribution >= 0.6 is 23.4 Å². The molecule has 1 aromatic heterocycles. The Morgan fingerprint density at radius 1 is 1.50 bits per heavy atom. The van der Waals surface area contributed by atoms with Gasteiger partial charge in [0.25, 0.3) is 0 Å².